The molecule has 0 aromatic carbocycles. The van der Waals surface area contributed by atoms with E-state index in [-0.39, 0.29) is 5.54 Å². The van der Waals surface area contributed by atoms with Crippen molar-refractivity contribution in [3.8, 4) is 0 Å². The van der Waals surface area contributed by atoms with Crippen LogP contribution in [-0.4, -0.2) is 15.3 Å². The Morgan fingerprint density at radius 2 is 1.95 bits per heavy atom. The molecule has 0 unspecified atom stereocenters. The number of rotatable bonds is 7. The zero-order valence-corrected chi connectivity index (χ0v) is 14.1. The Bertz CT molecular complexity index is 412. The van der Waals surface area contributed by atoms with Gasteiger partial charge in [-0.1, -0.05) is 33.6 Å². The molecule has 3 heteroatoms. The second-order valence-electron chi connectivity index (χ2n) is 7.03. The number of hydrogen-bond donors (Lipinski definition) is 1. The third-order valence-electron chi connectivity index (χ3n) is 5.31. The highest BCUT2D eigenvalue weighted by Gasteiger charge is 2.32. The molecule has 0 radical (unpaired) electrons. The Morgan fingerprint density at radius 3 is 2.52 bits per heavy atom. The van der Waals surface area contributed by atoms with Crippen LogP contribution in [0.3, 0.4) is 0 Å². The maximum atomic E-state index is 6.65. The fourth-order valence-corrected chi connectivity index (χ4v) is 3.82. The standard InChI is InChI=1S/C18H33N3/c1-4-7-15-8-11-18(19,12-9-15)14-16-10-13-21(20-16)17(5-2)6-3/h10,13,15,17H,4-9,11-12,14,19H2,1-3H3. The molecule has 0 atom stereocenters. The van der Waals surface area contributed by atoms with Crippen LogP contribution in [0, 0.1) is 5.92 Å². The molecular formula is C18H33N3. The minimum Gasteiger partial charge on any atom is -0.325 e. The molecule has 0 bridgehead atoms. The monoisotopic (exact) mass is 291 g/mol. The van der Waals surface area contributed by atoms with Crippen LogP contribution in [0.25, 0.3) is 0 Å². The van der Waals surface area contributed by atoms with Crippen LogP contribution in [0.5, 0.6) is 0 Å². The molecule has 2 rings (SSSR count). The molecular weight excluding hydrogens is 258 g/mol. The molecule has 1 aromatic heterocycles. The van der Waals surface area contributed by atoms with Gasteiger partial charge in [-0.05, 0) is 50.5 Å². The Labute approximate surface area is 130 Å². The Morgan fingerprint density at radius 1 is 1.29 bits per heavy atom. The Balaban J connectivity index is 1.92. The van der Waals surface area contributed by atoms with E-state index in [2.05, 4.69) is 37.7 Å². The lowest BCUT2D eigenvalue weighted by Gasteiger charge is -2.37. The van der Waals surface area contributed by atoms with Gasteiger partial charge in [-0.15, -0.1) is 0 Å². The summed E-state index contributed by atoms with van der Waals surface area (Å²) in [5.41, 5.74) is 7.81. The Hall–Kier alpha value is -0.830. The highest BCUT2D eigenvalue weighted by molar-refractivity contribution is 5.07. The molecule has 1 aliphatic rings. The smallest absolute Gasteiger partial charge is 0.0643 e. The van der Waals surface area contributed by atoms with Crippen molar-refractivity contribution in [1.82, 2.24) is 9.78 Å². The fourth-order valence-electron chi connectivity index (χ4n) is 3.82. The quantitative estimate of drug-likeness (QED) is 0.805. The molecule has 0 amide bonds. The van der Waals surface area contributed by atoms with E-state index in [1.54, 1.807) is 0 Å². The van der Waals surface area contributed by atoms with E-state index in [0.29, 0.717) is 6.04 Å². The summed E-state index contributed by atoms with van der Waals surface area (Å²) in [7, 11) is 0. The molecule has 0 saturated heterocycles. The van der Waals surface area contributed by atoms with Crippen molar-refractivity contribution in [3.05, 3.63) is 18.0 Å². The van der Waals surface area contributed by atoms with Crippen molar-refractivity contribution in [1.29, 1.82) is 0 Å². The first-order chi connectivity index (χ1) is 10.1. The van der Waals surface area contributed by atoms with E-state index in [1.807, 2.05) is 0 Å². The number of nitrogens with two attached hydrogens (primary N) is 1. The summed E-state index contributed by atoms with van der Waals surface area (Å²) in [6.45, 7) is 6.75. The van der Waals surface area contributed by atoms with Gasteiger partial charge in [0, 0.05) is 18.2 Å². The summed E-state index contributed by atoms with van der Waals surface area (Å²) in [5, 5.41) is 4.78. The van der Waals surface area contributed by atoms with Gasteiger partial charge in [0.05, 0.1) is 11.7 Å². The van der Waals surface area contributed by atoms with Crippen LogP contribution in [0.4, 0.5) is 0 Å². The van der Waals surface area contributed by atoms with Crippen molar-refractivity contribution in [2.45, 2.75) is 90.1 Å². The van der Waals surface area contributed by atoms with Gasteiger partial charge in [-0.3, -0.25) is 4.68 Å². The number of aromatic nitrogens is 2. The summed E-state index contributed by atoms with van der Waals surface area (Å²) in [5.74, 6) is 0.911. The fraction of sp³-hybridized carbons (Fsp3) is 0.833. The van der Waals surface area contributed by atoms with Gasteiger partial charge in [0.2, 0.25) is 0 Å². The second-order valence-corrected chi connectivity index (χ2v) is 7.03. The maximum absolute atomic E-state index is 6.65. The normalized spacial score (nSPS) is 26.4. The molecule has 0 aliphatic heterocycles. The molecule has 1 saturated carbocycles. The predicted octanol–water partition coefficient (Wildman–Crippen LogP) is 4.47. The third-order valence-corrected chi connectivity index (χ3v) is 5.31. The first-order valence-electron chi connectivity index (χ1n) is 8.93. The summed E-state index contributed by atoms with van der Waals surface area (Å²) in [6, 6.07) is 2.71. The Kier molecular flexibility index (Phi) is 5.86. The van der Waals surface area contributed by atoms with Gasteiger partial charge in [-0.25, -0.2) is 0 Å². The lowest BCUT2D eigenvalue weighted by Crippen LogP contribution is -2.45. The summed E-state index contributed by atoms with van der Waals surface area (Å²) in [6.07, 6.45) is 13.0. The minimum atomic E-state index is -0.0165. The first-order valence-corrected chi connectivity index (χ1v) is 8.93. The molecule has 1 aliphatic carbocycles. The van der Waals surface area contributed by atoms with Crippen LogP contribution in [0.15, 0.2) is 12.3 Å². The lowest BCUT2D eigenvalue weighted by molar-refractivity contribution is 0.221. The molecule has 21 heavy (non-hydrogen) atoms. The van der Waals surface area contributed by atoms with Gasteiger partial charge < -0.3 is 5.73 Å². The molecule has 0 spiro atoms. The van der Waals surface area contributed by atoms with Crippen LogP contribution >= 0.6 is 0 Å². The SMILES string of the molecule is CCCC1CCC(N)(Cc2ccn(C(CC)CC)n2)CC1. The molecule has 3 nitrogen and oxygen atoms in total. The van der Waals surface area contributed by atoms with E-state index in [1.165, 1.54) is 31.4 Å². The number of nitrogens with zero attached hydrogens (tertiary/aromatic N) is 2. The van der Waals surface area contributed by atoms with Crippen LogP contribution in [-0.2, 0) is 6.42 Å². The highest BCUT2D eigenvalue weighted by atomic mass is 15.3. The molecule has 120 valence electrons. The summed E-state index contributed by atoms with van der Waals surface area (Å²) >= 11 is 0. The largest absolute Gasteiger partial charge is 0.325 e. The highest BCUT2D eigenvalue weighted by Crippen LogP contribution is 2.34. The lowest BCUT2D eigenvalue weighted by atomic mass is 9.74. The van der Waals surface area contributed by atoms with Gasteiger partial charge in [0.25, 0.3) is 0 Å². The second kappa shape index (κ2) is 7.44. The van der Waals surface area contributed by atoms with Crippen LogP contribution < -0.4 is 5.73 Å². The van der Waals surface area contributed by atoms with E-state index < -0.39 is 0 Å². The zero-order chi connectivity index (χ0) is 15.3. The maximum Gasteiger partial charge on any atom is 0.0643 e. The van der Waals surface area contributed by atoms with Gasteiger partial charge >= 0.3 is 0 Å². The van der Waals surface area contributed by atoms with E-state index in [9.17, 15) is 0 Å². The molecule has 1 fully saturated rings. The van der Waals surface area contributed by atoms with E-state index >= 15 is 0 Å². The van der Waals surface area contributed by atoms with Crippen molar-refractivity contribution in [3.63, 3.8) is 0 Å². The summed E-state index contributed by atoms with van der Waals surface area (Å²) < 4.78 is 2.14. The molecule has 2 N–H and O–H groups in total. The van der Waals surface area contributed by atoms with Crippen molar-refractivity contribution < 1.29 is 0 Å². The topological polar surface area (TPSA) is 43.8 Å². The summed E-state index contributed by atoms with van der Waals surface area (Å²) in [4.78, 5) is 0. The van der Waals surface area contributed by atoms with E-state index in [0.717, 1.165) is 38.0 Å². The predicted molar refractivity (Wildman–Crippen MR) is 89.3 cm³/mol. The van der Waals surface area contributed by atoms with Crippen molar-refractivity contribution in [2.24, 2.45) is 11.7 Å². The number of hydrogen-bond acceptors (Lipinski definition) is 2. The van der Waals surface area contributed by atoms with E-state index in [4.69, 9.17) is 10.8 Å². The van der Waals surface area contributed by atoms with Crippen molar-refractivity contribution in [2.75, 3.05) is 0 Å². The molecule has 1 heterocycles. The zero-order valence-electron chi connectivity index (χ0n) is 14.1. The first kappa shape index (κ1) is 16.5. The van der Waals surface area contributed by atoms with Gasteiger partial charge in [-0.2, -0.15) is 5.10 Å². The van der Waals surface area contributed by atoms with Crippen molar-refractivity contribution >= 4 is 0 Å². The average molecular weight is 291 g/mol. The molecule has 1 aromatic rings. The van der Waals surface area contributed by atoms with Crippen LogP contribution in [0.2, 0.25) is 0 Å². The average Bonchev–Trinajstić information content (AvgIpc) is 2.91. The van der Waals surface area contributed by atoms with Gasteiger partial charge in [0.15, 0.2) is 0 Å². The minimum absolute atomic E-state index is 0.0165. The third kappa shape index (κ3) is 4.32. The van der Waals surface area contributed by atoms with Crippen LogP contribution in [0.1, 0.15) is 83.9 Å². The van der Waals surface area contributed by atoms with Gasteiger partial charge in [0.1, 0.15) is 0 Å².